The number of benzene rings is 1. The molecule has 1 aromatic rings. The SMILES string of the molecule is CC(C)(CN)NC(=O)C1CC(c2ccc(Cl)cc2)NN1. The number of carbonyl (C=O) groups is 1. The molecule has 5 N–H and O–H groups in total. The maximum atomic E-state index is 12.2. The predicted molar refractivity (Wildman–Crippen MR) is 80.1 cm³/mol. The van der Waals surface area contributed by atoms with Gasteiger partial charge in [-0.25, -0.2) is 10.9 Å². The van der Waals surface area contributed by atoms with Gasteiger partial charge in [0, 0.05) is 23.1 Å². The van der Waals surface area contributed by atoms with Gasteiger partial charge in [-0.1, -0.05) is 23.7 Å². The maximum Gasteiger partial charge on any atom is 0.239 e. The fourth-order valence-corrected chi connectivity index (χ4v) is 2.24. The smallest absolute Gasteiger partial charge is 0.239 e. The van der Waals surface area contributed by atoms with Crippen LogP contribution in [0.3, 0.4) is 0 Å². The van der Waals surface area contributed by atoms with Crippen molar-refractivity contribution in [3.8, 4) is 0 Å². The second-order valence-corrected chi connectivity index (χ2v) is 6.19. The lowest BCUT2D eigenvalue weighted by atomic mass is 10.0. The minimum absolute atomic E-state index is 0.0376. The minimum atomic E-state index is -0.392. The molecule has 1 heterocycles. The lowest BCUT2D eigenvalue weighted by Crippen LogP contribution is -2.54. The summed E-state index contributed by atoms with van der Waals surface area (Å²) in [5.41, 5.74) is 12.5. The van der Waals surface area contributed by atoms with E-state index in [2.05, 4.69) is 16.2 Å². The minimum Gasteiger partial charge on any atom is -0.349 e. The van der Waals surface area contributed by atoms with Crippen LogP contribution in [0.1, 0.15) is 31.9 Å². The third kappa shape index (κ3) is 3.70. The molecule has 0 radical (unpaired) electrons. The summed E-state index contributed by atoms with van der Waals surface area (Å²) in [5, 5.41) is 3.65. The summed E-state index contributed by atoms with van der Waals surface area (Å²) < 4.78 is 0. The molecule has 2 rings (SSSR count). The summed E-state index contributed by atoms with van der Waals surface area (Å²) in [5.74, 6) is -0.0376. The first-order valence-corrected chi connectivity index (χ1v) is 7.08. The molecule has 5 nitrogen and oxygen atoms in total. The number of amides is 1. The van der Waals surface area contributed by atoms with E-state index in [1.54, 1.807) is 0 Å². The third-order valence-electron chi connectivity index (χ3n) is 3.46. The van der Waals surface area contributed by atoms with Crippen LogP contribution in [0.15, 0.2) is 24.3 Å². The molecular formula is C14H21ClN4O. The summed E-state index contributed by atoms with van der Waals surface area (Å²) in [6, 6.07) is 7.47. The molecule has 2 atom stereocenters. The number of hydrazine groups is 1. The second-order valence-electron chi connectivity index (χ2n) is 5.76. The fourth-order valence-electron chi connectivity index (χ4n) is 2.11. The van der Waals surface area contributed by atoms with Crippen LogP contribution in [0.2, 0.25) is 5.02 Å². The average molecular weight is 297 g/mol. The van der Waals surface area contributed by atoms with E-state index >= 15 is 0 Å². The molecule has 6 heteroatoms. The van der Waals surface area contributed by atoms with Gasteiger partial charge in [-0.2, -0.15) is 0 Å². The molecule has 0 saturated carbocycles. The molecule has 20 heavy (non-hydrogen) atoms. The lowest BCUT2D eigenvalue weighted by molar-refractivity contribution is -0.124. The van der Waals surface area contributed by atoms with E-state index < -0.39 is 5.54 Å². The number of halogens is 1. The molecule has 2 unspecified atom stereocenters. The second kappa shape index (κ2) is 6.10. The van der Waals surface area contributed by atoms with Crippen LogP contribution in [0.4, 0.5) is 0 Å². The van der Waals surface area contributed by atoms with Crippen molar-refractivity contribution in [1.29, 1.82) is 0 Å². The van der Waals surface area contributed by atoms with Crippen LogP contribution in [0.5, 0.6) is 0 Å². The third-order valence-corrected chi connectivity index (χ3v) is 3.72. The van der Waals surface area contributed by atoms with Crippen molar-refractivity contribution in [1.82, 2.24) is 16.2 Å². The van der Waals surface area contributed by atoms with E-state index in [0.717, 1.165) is 5.56 Å². The highest BCUT2D eigenvalue weighted by Gasteiger charge is 2.32. The van der Waals surface area contributed by atoms with Gasteiger partial charge >= 0.3 is 0 Å². The van der Waals surface area contributed by atoms with Crippen LogP contribution in [0.25, 0.3) is 0 Å². The Balaban J connectivity index is 1.95. The Hall–Kier alpha value is -1.14. The van der Waals surface area contributed by atoms with Gasteiger partial charge in [-0.15, -0.1) is 0 Å². The van der Waals surface area contributed by atoms with Gasteiger partial charge in [-0.3, -0.25) is 4.79 Å². The number of hydrogen-bond acceptors (Lipinski definition) is 4. The normalized spacial score (nSPS) is 22.8. The highest BCUT2D eigenvalue weighted by atomic mass is 35.5. The van der Waals surface area contributed by atoms with Gasteiger partial charge in [0.2, 0.25) is 5.91 Å². The number of rotatable bonds is 4. The van der Waals surface area contributed by atoms with Gasteiger partial charge in [0.05, 0.1) is 0 Å². The average Bonchev–Trinajstić information content (AvgIpc) is 2.89. The molecular weight excluding hydrogens is 276 g/mol. The van der Waals surface area contributed by atoms with Gasteiger partial charge in [-0.05, 0) is 38.0 Å². The molecule has 1 aromatic carbocycles. The van der Waals surface area contributed by atoms with E-state index in [1.165, 1.54) is 0 Å². The van der Waals surface area contributed by atoms with Crippen LogP contribution in [-0.2, 0) is 4.79 Å². The Morgan fingerprint density at radius 2 is 2.05 bits per heavy atom. The monoisotopic (exact) mass is 296 g/mol. The maximum absolute atomic E-state index is 12.2. The zero-order valence-corrected chi connectivity index (χ0v) is 12.5. The summed E-state index contributed by atoms with van der Waals surface area (Å²) in [6.45, 7) is 4.22. The Labute approximate surface area is 124 Å². The van der Waals surface area contributed by atoms with E-state index in [9.17, 15) is 4.79 Å². The van der Waals surface area contributed by atoms with Crippen molar-refractivity contribution in [2.24, 2.45) is 5.73 Å². The Bertz CT molecular complexity index is 475. The summed E-state index contributed by atoms with van der Waals surface area (Å²) >= 11 is 5.87. The predicted octanol–water partition coefficient (Wildman–Crippen LogP) is 1.10. The van der Waals surface area contributed by atoms with Crippen molar-refractivity contribution in [3.63, 3.8) is 0 Å². The molecule has 110 valence electrons. The highest BCUT2D eigenvalue weighted by Crippen LogP contribution is 2.23. The van der Waals surface area contributed by atoms with E-state index in [-0.39, 0.29) is 18.0 Å². The summed E-state index contributed by atoms with van der Waals surface area (Å²) in [7, 11) is 0. The molecule has 1 aliphatic heterocycles. The van der Waals surface area contributed by atoms with Crippen molar-refractivity contribution in [2.45, 2.75) is 37.9 Å². The molecule has 0 bridgehead atoms. The molecule has 0 aliphatic carbocycles. The van der Waals surface area contributed by atoms with Crippen molar-refractivity contribution in [3.05, 3.63) is 34.9 Å². The summed E-state index contributed by atoms with van der Waals surface area (Å²) in [4.78, 5) is 12.2. The van der Waals surface area contributed by atoms with Crippen molar-refractivity contribution >= 4 is 17.5 Å². The van der Waals surface area contributed by atoms with Crippen molar-refractivity contribution in [2.75, 3.05) is 6.54 Å². The van der Waals surface area contributed by atoms with E-state index in [4.69, 9.17) is 17.3 Å². The number of nitrogens with two attached hydrogens (primary N) is 1. The van der Waals surface area contributed by atoms with Gasteiger partial charge in [0.25, 0.3) is 0 Å². The molecule has 0 spiro atoms. The first-order valence-electron chi connectivity index (χ1n) is 6.70. The first kappa shape index (κ1) is 15.3. The quantitative estimate of drug-likeness (QED) is 0.671. The van der Waals surface area contributed by atoms with Crippen LogP contribution >= 0.6 is 11.6 Å². The van der Waals surface area contributed by atoms with Crippen molar-refractivity contribution < 1.29 is 4.79 Å². The fraction of sp³-hybridized carbons (Fsp3) is 0.500. The van der Waals surface area contributed by atoms with Gasteiger partial charge in [0.15, 0.2) is 0 Å². The van der Waals surface area contributed by atoms with Crippen LogP contribution < -0.4 is 21.9 Å². The van der Waals surface area contributed by atoms with E-state index in [0.29, 0.717) is 18.0 Å². The standard InChI is InChI=1S/C14H21ClN4O/c1-14(2,8-16)17-13(20)12-7-11(18-19-12)9-3-5-10(15)6-4-9/h3-6,11-12,18-19H,7-8,16H2,1-2H3,(H,17,20). The van der Waals surface area contributed by atoms with Gasteiger partial charge < -0.3 is 11.1 Å². The topological polar surface area (TPSA) is 79.2 Å². The Kier molecular flexibility index (Phi) is 4.65. The van der Waals surface area contributed by atoms with Gasteiger partial charge in [0.1, 0.15) is 6.04 Å². The molecule has 1 saturated heterocycles. The molecule has 1 aliphatic rings. The number of hydrogen-bond donors (Lipinski definition) is 4. The van der Waals surface area contributed by atoms with Crippen LogP contribution in [-0.4, -0.2) is 24.0 Å². The largest absolute Gasteiger partial charge is 0.349 e. The first-order chi connectivity index (χ1) is 9.41. The Morgan fingerprint density at radius 3 is 2.65 bits per heavy atom. The number of carbonyl (C=O) groups excluding carboxylic acids is 1. The van der Waals surface area contributed by atoms with Crippen LogP contribution in [0, 0.1) is 0 Å². The van der Waals surface area contributed by atoms with E-state index in [1.807, 2.05) is 38.1 Å². The molecule has 1 fully saturated rings. The number of nitrogens with one attached hydrogen (secondary N) is 3. The highest BCUT2D eigenvalue weighted by molar-refractivity contribution is 6.30. The molecule has 1 amide bonds. The zero-order valence-electron chi connectivity index (χ0n) is 11.7. The summed E-state index contributed by atoms with van der Waals surface area (Å²) in [6.07, 6.45) is 0.689. The lowest BCUT2D eigenvalue weighted by Gasteiger charge is -2.25. The molecule has 0 aromatic heterocycles. The Morgan fingerprint density at radius 1 is 1.40 bits per heavy atom. The zero-order chi connectivity index (χ0) is 14.8.